The van der Waals surface area contributed by atoms with Crippen LogP contribution < -0.4 is 10.6 Å². The van der Waals surface area contributed by atoms with Gasteiger partial charge in [0.05, 0.1) is 18.0 Å². The first-order valence-corrected chi connectivity index (χ1v) is 7.36. The highest BCUT2D eigenvalue weighted by Gasteiger charge is 2.43. The zero-order valence-corrected chi connectivity index (χ0v) is 13.1. The molecular formula is C16H11F5N2O3. The Hall–Kier alpha value is -2.75. The van der Waals surface area contributed by atoms with Crippen LogP contribution in [0.5, 0.6) is 0 Å². The normalized spacial score (nSPS) is 20.2. The van der Waals surface area contributed by atoms with Crippen LogP contribution in [-0.2, 0) is 9.59 Å². The van der Waals surface area contributed by atoms with Crippen LogP contribution in [0.4, 0.5) is 22.0 Å². The van der Waals surface area contributed by atoms with Crippen LogP contribution in [0.3, 0.4) is 0 Å². The maximum Gasteiger partial charge on any atom is 0.334 e. The lowest BCUT2D eigenvalue weighted by molar-refractivity contribution is -0.133. The Morgan fingerprint density at radius 1 is 1.00 bits per heavy atom. The van der Waals surface area contributed by atoms with E-state index in [1.807, 2.05) is 0 Å². The minimum absolute atomic E-state index is 0.0389. The predicted molar refractivity (Wildman–Crippen MR) is 77.3 cm³/mol. The standard InChI is InChI=1S/C16H11F5N2O3/c1-4-7(16(25)26)9(8-5(23-4)2-22-3-6(8)24)10-11(17)13(19)15(21)14(20)12(10)18/h9,22-23H,2-3H2,1H3,(H,25,26)/t9-/m0/s1. The predicted octanol–water partition coefficient (Wildman–Crippen LogP) is 1.85. The van der Waals surface area contributed by atoms with E-state index in [0.717, 1.165) is 0 Å². The number of benzene rings is 1. The molecule has 1 atom stereocenters. The summed E-state index contributed by atoms with van der Waals surface area (Å²) in [5.41, 5.74) is -2.31. The molecule has 26 heavy (non-hydrogen) atoms. The van der Waals surface area contributed by atoms with Crippen molar-refractivity contribution >= 4 is 11.8 Å². The molecule has 5 nitrogen and oxygen atoms in total. The molecule has 0 amide bonds. The van der Waals surface area contributed by atoms with Crippen molar-refractivity contribution in [3.63, 3.8) is 0 Å². The Balaban J connectivity index is 2.39. The number of halogens is 5. The molecule has 3 N–H and O–H groups in total. The molecule has 1 aromatic rings. The Kier molecular flexibility index (Phi) is 4.31. The number of Topliss-reactive ketones (excluding diaryl/α,β-unsaturated/α-hetero) is 1. The number of aliphatic carboxylic acids is 1. The van der Waals surface area contributed by atoms with Crippen LogP contribution in [0.15, 0.2) is 22.5 Å². The molecule has 0 unspecified atom stereocenters. The fraction of sp³-hybridized carbons (Fsp3) is 0.250. The van der Waals surface area contributed by atoms with Gasteiger partial charge in [0, 0.05) is 29.1 Å². The van der Waals surface area contributed by atoms with Gasteiger partial charge in [0.15, 0.2) is 29.1 Å². The lowest BCUT2D eigenvalue weighted by atomic mass is 9.77. The average molecular weight is 374 g/mol. The van der Waals surface area contributed by atoms with Gasteiger partial charge in [0.1, 0.15) is 0 Å². The molecule has 0 aromatic heterocycles. The molecule has 0 saturated carbocycles. The molecule has 0 radical (unpaired) electrons. The average Bonchev–Trinajstić information content (AvgIpc) is 2.57. The summed E-state index contributed by atoms with van der Waals surface area (Å²) in [6, 6.07) is 0. The van der Waals surface area contributed by atoms with Crippen molar-refractivity contribution in [1.29, 1.82) is 0 Å². The number of nitrogens with one attached hydrogen (secondary N) is 2. The van der Waals surface area contributed by atoms with E-state index in [2.05, 4.69) is 10.6 Å². The second-order valence-electron chi connectivity index (χ2n) is 5.80. The van der Waals surface area contributed by atoms with Gasteiger partial charge in [-0.25, -0.2) is 26.7 Å². The molecule has 2 aliphatic heterocycles. The molecule has 1 aromatic carbocycles. The van der Waals surface area contributed by atoms with Crippen LogP contribution in [0.2, 0.25) is 0 Å². The molecule has 0 saturated heterocycles. The first-order valence-electron chi connectivity index (χ1n) is 7.36. The number of carbonyl (C=O) groups excluding carboxylic acids is 1. The summed E-state index contributed by atoms with van der Waals surface area (Å²) in [6.45, 7) is 1.04. The summed E-state index contributed by atoms with van der Waals surface area (Å²) in [4.78, 5) is 23.9. The van der Waals surface area contributed by atoms with Crippen LogP contribution >= 0.6 is 0 Å². The molecule has 10 heteroatoms. The van der Waals surface area contributed by atoms with E-state index >= 15 is 0 Å². The van der Waals surface area contributed by atoms with Crippen molar-refractivity contribution in [2.24, 2.45) is 0 Å². The van der Waals surface area contributed by atoms with E-state index in [1.165, 1.54) is 6.92 Å². The first-order chi connectivity index (χ1) is 12.2. The lowest BCUT2D eigenvalue weighted by Crippen LogP contribution is -2.43. The van der Waals surface area contributed by atoms with Crippen molar-refractivity contribution in [1.82, 2.24) is 10.6 Å². The van der Waals surface area contributed by atoms with Crippen LogP contribution in [-0.4, -0.2) is 29.9 Å². The number of dihydropyridines is 1. The quantitative estimate of drug-likeness (QED) is 0.418. The SMILES string of the molecule is CC1=C(C(=O)O)[C@H](c2c(F)c(F)c(F)c(F)c2F)C2=C(CNCC2=O)N1. The molecule has 0 spiro atoms. The van der Waals surface area contributed by atoms with E-state index in [1.54, 1.807) is 0 Å². The van der Waals surface area contributed by atoms with Crippen LogP contribution in [0.25, 0.3) is 0 Å². The number of ketones is 1. The van der Waals surface area contributed by atoms with Gasteiger partial charge in [-0.05, 0) is 6.92 Å². The van der Waals surface area contributed by atoms with Crippen LogP contribution in [0, 0.1) is 29.1 Å². The highest BCUT2D eigenvalue weighted by molar-refractivity contribution is 6.04. The fourth-order valence-electron chi connectivity index (χ4n) is 3.21. The van der Waals surface area contributed by atoms with Gasteiger partial charge in [-0.3, -0.25) is 4.79 Å². The van der Waals surface area contributed by atoms with Gasteiger partial charge in [-0.2, -0.15) is 0 Å². The van der Waals surface area contributed by atoms with Gasteiger partial charge in [0.25, 0.3) is 0 Å². The first kappa shape index (κ1) is 18.1. The van der Waals surface area contributed by atoms with Crippen molar-refractivity contribution in [2.75, 3.05) is 13.1 Å². The minimum Gasteiger partial charge on any atom is -0.478 e. The zero-order valence-electron chi connectivity index (χ0n) is 13.1. The highest BCUT2D eigenvalue weighted by atomic mass is 19.2. The third-order valence-corrected chi connectivity index (χ3v) is 4.30. The lowest BCUT2D eigenvalue weighted by Gasteiger charge is -2.34. The van der Waals surface area contributed by atoms with Crippen molar-refractivity contribution in [2.45, 2.75) is 12.8 Å². The monoisotopic (exact) mass is 374 g/mol. The Morgan fingerprint density at radius 3 is 2.08 bits per heavy atom. The molecular weight excluding hydrogens is 363 g/mol. The van der Waals surface area contributed by atoms with Crippen molar-refractivity contribution in [3.05, 3.63) is 57.2 Å². The topological polar surface area (TPSA) is 78.4 Å². The molecule has 2 aliphatic rings. The number of rotatable bonds is 2. The largest absolute Gasteiger partial charge is 0.478 e. The summed E-state index contributed by atoms with van der Waals surface area (Å²) in [5, 5.41) is 14.8. The Morgan fingerprint density at radius 2 is 1.54 bits per heavy atom. The fourth-order valence-corrected chi connectivity index (χ4v) is 3.21. The molecule has 0 fully saturated rings. The van der Waals surface area contributed by atoms with E-state index in [9.17, 15) is 36.6 Å². The second-order valence-corrected chi connectivity index (χ2v) is 5.80. The summed E-state index contributed by atoms with van der Waals surface area (Å²) in [5.74, 6) is -15.4. The summed E-state index contributed by atoms with van der Waals surface area (Å²) < 4.78 is 69.3. The number of allylic oxidation sites excluding steroid dienone is 1. The van der Waals surface area contributed by atoms with Gasteiger partial charge in [-0.15, -0.1) is 0 Å². The highest BCUT2D eigenvalue weighted by Crippen LogP contribution is 2.42. The molecule has 0 bridgehead atoms. The minimum atomic E-state index is -2.36. The van der Waals surface area contributed by atoms with E-state index < -0.39 is 57.9 Å². The summed E-state index contributed by atoms with van der Waals surface area (Å²) in [6.07, 6.45) is 0. The van der Waals surface area contributed by atoms with Gasteiger partial charge >= 0.3 is 5.97 Å². The third kappa shape index (κ3) is 2.48. The Bertz CT molecular complexity index is 894. The maximum absolute atomic E-state index is 14.3. The number of hydrogen-bond acceptors (Lipinski definition) is 4. The Labute approximate surface area is 143 Å². The smallest absolute Gasteiger partial charge is 0.334 e. The zero-order chi connectivity index (χ0) is 19.3. The molecule has 2 heterocycles. The number of carboxylic acid groups (broad SMARTS) is 1. The molecule has 3 rings (SSSR count). The number of carboxylic acids is 1. The van der Waals surface area contributed by atoms with Gasteiger partial charge in [-0.1, -0.05) is 0 Å². The van der Waals surface area contributed by atoms with Crippen molar-refractivity contribution < 1.29 is 36.6 Å². The summed E-state index contributed by atoms with van der Waals surface area (Å²) >= 11 is 0. The van der Waals surface area contributed by atoms with Crippen LogP contribution in [0.1, 0.15) is 18.4 Å². The van der Waals surface area contributed by atoms with E-state index in [0.29, 0.717) is 0 Å². The van der Waals surface area contributed by atoms with Gasteiger partial charge in [0.2, 0.25) is 5.82 Å². The van der Waals surface area contributed by atoms with E-state index in [-0.39, 0.29) is 30.1 Å². The molecule has 0 aliphatic carbocycles. The summed E-state index contributed by atoms with van der Waals surface area (Å²) in [7, 11) is 0. The second kappa shape index (κ2) is 6.20. The van der Waals surface area contributed by atoms with Crippen molar-refractivity contribution in [3.8, 4) is 0 Å². The third-order valence-electron chi connectivity index (χ3n) is 4.30. The van der Waals surface area contributed by atoms with Gasteiger partial charge < -0.3 is 15.7 Å². The van der Waals surface area contributed by atoms with E-state index in [4.69, 9.17) is 0 Å². The number of carbonyl (C=O) groups is 2. The number of hydrogen-bond donors (Lipinski definition) is 3. The maximum atomic E-state index is 14.3. The molecule has 138 valence electrons.